The normalized spacial score (nSPS) is 14.7. The Labute approximate surface area is 169 Å². The molecule has 1 aromatic carbocycles. The highest BCUT2D eigenvalue weighted by molar-refractivity contribution is 7.99. The first-order valence-electron chi connectivity index (χ1n) is 9.39. The van der Waals surface area contributed by atoms with Crippen molar-refractivity contribution in [1.29, 1.82) is 0 Å². The van der Waals surface area contributed by atoms with Crippen LogP contribution in [-0.2, 0) is 17.1 Å². The standard InChI is InChI=1S/C20H26N4OS2/c1-2-12-24-18(15-26-17-10-6-5-7-11-17)21-22-20(24)27-16-19(25)23-13-8-3-4-9-14-23/h2,5-7,10-11H,1,3-4,8-9,12-16H2. The topological polar surface area (TPSA) is 51.0 Å². The van der Waals surface area contributed by atoms with E-state index in [0.717, 1.165) is 42.7 Å². The van der Waals surface area contributed by atoms with Gasteiger partial charge < -0.3 is 9.47 Å². The van der Waals surface area contributed by atoms with Crippen LogP contribution in [-0.4, -0.2) is 44.4 Å². The first-order valence-corrected chi connectivity index (χ1v) is 11.4. The van der Waals surface area contributed by atoms with Crippen molar-refractivity contribution in [2.75, 3.05) is 18.8 Å². The van der Waals surface area contributed by atoms with Gasteiger partial charge in [-0.15, -0.1) is 28.5 Å². The van der Waals surface area contributed by atoms with Crippen molar-refractivity contribution in [2.24, 2.45) is 0 Å². The lowest BCUT2D eigenvalue weighted by molar-refractivity contribution is -0.128. The molecule has 7 heteroatoms. The van der Waals surface area contributed by atoms with E-state index in [4.69, 9.17) is 0 Å². The quantitative estimate of drug-likeness (QED) is 0.488. The number of carbonyl (C=O) groups excluding carboxylic acids is 1. The van der Waals surface area contributed by atoms with Crippen LogP contribution < -0.4 is 0 Å². The molecule has 0 spiro atoms. The summed E-state index contributed by atoms with van der Waals surface area (Å²) in [7, 11) is 0. The smallest absolute Gasteiger partial charge is 0.233 e. The number of likely N-dealkylation sites (tertiary alicyclic amines) is 1. The zero-order valence-electron chi connectivity index (χ0n) is 15.5. The molecule has 3 rings (SSSR count). The number of hydrogen-bond donors (Lipinski definition) is 0. The predicted molar refractivity (Wildman–Crippen MR) is 112 cm³/mol. The molecule has 2 heterocycles. The van der Waals surface area contributed by atoms with Crippen LogP contribution in [0.1, 0.15) is 31.5 Å². The average molecular weight is 403 g/mol. The molecule has 0 unspecified atom stereocenters. The number of benzene rings is 1. The summed E-state index contributed by atoms with van der Waals surface area (Å²) in [5, 5.41) is 9.47. The number of aromatic nitrogens is 3. The molecule has 0 atom stereocenters. The van der Waals surface area contributed by atoms with Gasteiger partial charge in [-0.1, -0.05) is 48.9 Å². The van der Waals surface area contributed by atoms with Gasteiger partial charge in [0.15, 0.2) is 5.16 Å². The maximum atomic E-state index is 12.5. The molecule has 27 heavy (non-hydrogen) atoms. The molecule has 0 aliphatic carbocycles. The summed E-state index contributed by atoms with van der Waals surface area (Å²) in [5.74, 6) is 2.27. The minimum atomic E-state index is 0.204. The number of amides is 1. The van der Waals surface area contributed by atoms with Crippen LogP contribution in [0.4, 0.5) is 0 Å². The molecule has 0 radical (unpaired) electrons. The van der Waals surface area contributed by atoms with Crippen molar-refractivity contribution in [1.82, 2.24) is 19.7 Å². The van der Waals surface area contributed by atoms with Gasteiger partial charge in [0.2, 0.25) is 5.91 Å². The number of carbonyl (C=O) groups is 1. The third kappa shape index (κ3) is 5.87. The fraction of sp³-hybridized carbons (Fsp3) is 0.450. The summed E-state index contributed by atoms with van der Waals surface area (Å²) in [6, 6.07) is 10.3. The lowest BCUT2D eigenvalue weighted by atomic mass is 10.2. The molecule has 0 saturated carbocycles. The van der Waals surface area contributed by atoms with Crippen molar-refractivity contribution >= 4 is 29.4 Å². The molecule has 1 saturated heterocycles. The van der Waals surface area contributed by atoms with Crippen LogP contribution in [0.2, 0.25) is 0 Å². The number of hydrogen-bond acceptors (Lipinski definition) is 5. The van der Waals surface area contributed by atoms with Crippen molar-refractivity contribution in [3.8, 4) is 0 Å². The maximum absolute atomic E-state index is 12.5. The third-order valence-corrected chi connectivity index (χ3v) is 6.46. The minimum absolute atomic E-state index is 0.204. The summed E-state index contributed by atoms with van der Waals surface area (Å²) < 4.78 is 2.06. The molecule has 1 amide bonds. The zero-order chi connectivity index (χ0) is 18.9. The zero-order valence-corrected chi connectivity index (χ0v) is 17.2. The van der Waals surface area contributed by atoms with Gasteiger partial charge in [-0.25, -0.2) is 0 Å². The Hall–Kier alpha value is -1.73. The van der Waals surface area contributed by atoms with E-state index >= 15 is 0 Å². The van der Waals surface area contributed by atoms with Gasteiger partial charge in [0.25, 0.3) is 0 Å². The van der Waals surface area contributed by atoms with E-state index in [0.29, 0.717) is 12.3 Å². The van der Waals surface area contributed by atoms with Gasteiger partial charge in [0.05, 0.1) is 11.5 Å². The van der Waals surface area contributed by atoms with Gasteiger partial charge in [-0.2, -0.15) is 0 Å². The summed E-state index contributed by atoms with van der Waals surface area (Å²) in [4.78, 5) is 15.7. The predicted octanol–water partition coefficient (Wildman–Crippen LogP) is 4.25. The molecule has 0 bridgehead atoms. The van der Waals surface area contributed by atoms with Gasteiger partial charge in [0, 0.05) is 24.5 Å². The molecule has 0 N–H and O–H groups in total. The second-order valence-electron chi connectivity index (χ2n) is 6.48. The molecule has 2 aromatic rings. The van der Waals surface area contributed by atoms with E-state index in [1.807, 2.05) is 29.2 Å². The fourth-order valence-electron chi connectivity index (χ4n) is 3.05. The van der Waals surface area contributed by atoms with E-state index in [2.05, 4.69) is 33.5 Å². The summed E-state index contributed by atoms with van der Waals surface area (Å²) in [6.45, 7) is 6.27. The fourth-order valence-corrected chi connectivity index (χ4v) is 4.78. The Morgan fingerprint density at radius 1 is 1.07 bits per heavy atom. The van der Waals surface area contributed by atoms with E-state index in [9.17, 15) is 4.79 Å². The lowest BCUT2D eigenvalue weighted by Crippen LogP contribution is -2.33. The highest BCUT2D eigenvalue weighted by Crippen LogP contribution is 2.25. The van der Waals surface area contributed by atoms with E-state index in [1.165, 1.54) is 29.5 Å². The summed E-state index contributed by atoms with van der Waals surface area (Å²) >= 11 is 3.21. The maximum Gasteiger partial charge on any atom is 0.233 e. The Kier molecular flexibility index (Phi) is 7.83. The number of rotatable bonds is 8. The van der Waals surface area contributed by atoms with Crippen LogP contribution >= 0.6 is 23.5 Å². The molecular weight excluding hydrogens is 376 g/mol. The van der Waals surface area contributed by atoms with Crippen molar-refractivity contribution in [3.63, 3.8) is 0 Å². The number of thioether (sulfide) groups is 2. The summed E-state index contributed by atoms with van der Waals surface area (Å²) in [5.41, 5.74) is 0. The van der Waals surface area contributed by atoms with E-state index < -0.39 is 0 Å². The van der Waals surface area contributed by atoms with E-state index in [1.54, 1.807) is 11.8 Å². The number of allylic oxidation sites excluding steroid dienone is 1. The molecule has 144 valence electrons. The van der Waals surface area contributed by atoms with Crippen LogP contribution in [0.5, 0.6) is 0 Å². The molecule has 1 aromatic heterocycles. The van der Waals surface area contributed by atoms with Crippen molar-refractivity contribution in [2.45, 2.75) is 48.0 Å². The molecular formula is C20H26N4OS2. The first kappa shape index (κ1) is 20.0. The van der Waals surface area contributed by atoms with E-state index in [-0.39, 0.29) is 5.91 Å². The van der Waals surface area contributed by atoms with Crippen LogP contribution in [0.15, 0.2) is 53.0 Å². The van der Waals surface area contributed by atoms with Crippen molar-refractivity contribution in [3.05, 3.63) is 48.8 Å². The molecule has 5 nitrogen and oxygen atoms in total. The van der Waals surface area contributed by atoms with Gasteiger partial charge in [0.1, 0.15) is 5.82 Å². The molecule has 1 fully saturated rings. The van der Waals surface area contributed by atoms with Gasteiger partial charge >= 0.3 is 0 Å². The second kappa shape index (κ2) is 10.6. The molecule has 1 aliphatic rings. The number of nitrogens with zero attached hydrogens (tertiary/aromatic N) is 4. The monoisotopic (exact) mass is 402 g/mol. The third-order valence-electron chi connectivity index (χ3n) is 4.50. The lowest BCUT2D eigenvalue weighted by Gasteiger charge is -2.19. The Morgan fingerprint density at radius 2 is 1.81 bits per heavy atom. The van der Waals surface area contributed by atoms with Gasteiger partial charge in [-0.3, -0.25) is 4.79 Å². The highest BCUT2D eigenvalue weighted by atomic mass is 32.2. The second-order valence-corrected chi connectivity index (χ2v) is 8.47. The largest absolute Gasteiger partial charge is 0.342 e. The highest BCUT2D eigenvalue weighted by Gasteiger charge is 2.18. The van der Waals surface area contributed by atoms with Crippen LogP contribution in [0, 0.1) is 0 Å². The Morgan fingerprint density at radius 3 is 2.52 bits per heavy atom. The Bertz CT molecular complexity index is 740. The minimum Gasteiger partial charge on any atom is -0.342 e. The average Bonchev–Trinajstić information content (AvgIpc) is 2.90. The summed E-state index contributed by atoms with van der Waals surface area (Å²) in [6.07, 6.45) is 6.54. The first-order chi connectivity index (χ1) is 13.3. The molecule has 1 aliphatic heterocycles. The Balaban J connectivity index is 1.60. The SMILES string of the molecule is C=CCn1c(CSc2ccccc2)nnc1SCC(=O)N1CCCCCC1. The van der Waals surface area contributed by atoms with Crippen molar-refractivity contribution < 1.29 is 4.79 Å². The van der Waals surface area contributed by atoms with Crippen LogP contribution in [0.25, 0.3) is 0 Å². The van der Waals surface area contributed by atoms with Gasteiger partial charge in [-0.05, 0) is 25.0 Å². The van der Waals surface area contributed by atoms with Crippen LogP contribution in [0.3, 0.4) is 0 Å².